The van der Waals surface area contributed by atoms with Crippen LogP contribution >= 0.6 is 0 Å². The predicted octanol–water partition coefficient (Wildman–Crippen LogP) is -4.19. The van der Waals surface area contributed by atoms with Crippen LogP contribution in [0.1, 0.15) is 1.43 Å². The van der Waals surface area contributed by atoms with E-state index in [0.29, 0.717) is 0 Å². The zero-order valence-electron chi connectivity index (χ0n) is 4.40. The van der Waals surface area contributed by atoms with Crippen LogP contribution in [0.25, 0.3) is 0 Å². The molecule has 0 heterocycles. The van der Waals surface area contributed by atoms with E-state index in [9.17, 15) is 0 Å². The van der Waals surface area contributed by atoms with Gasteiger partial charge in [-0.1, -0.05) is 0 Å². The van der Waals surface area contributed by atoms with Crippen molar-refractivity contribution in [3.63, 3.8) is 0 Å². The van der Waals surface area contributed by atoms with E-state index >= 15 is 0 Å². The minimum atomic E-state index is -5.88. The Labute approximate surface area is 64.0 Å². The Hall–Kier alpha value is 0.890. The molecular formula is HAsO6U. The van der Waals surface area contributed by atoms with Gasteiger partial charge >= 0.3 is 64.3 Å². The molecule has 0 radical (unpaired) electrons. The third kappa shape index (κ3) is 302. The Morgan fingerprint density at radius 1 is 1.25 bits per heavy atom. The van der Waals surface area contributed by atoms with Crippen LogP contribution in [-0.2, 0) is 8.21 Å². The SMILES string of the molecule is O=[As]([O-])([O-])[O-].[H+].[O]=[U+2]=[O]. The molecule has 8 heavy (non-hydrogen) atoms. The summed E-state index contributed by atoms with van der Waals surface area (Å²) in [6.45, 7) is 0. The molecule has 0 unspecified atom stereocenters. The first-order valence-electron chi connectivity index (χ1n) is 1.14. The Balaban J connectivity index is -0.0000000800. The van der Waals surface area contributed by atoms with Crippen LogP contribution in [0.15, 0.2) is 0 Å². The summed E-state index contributed by atoms with van der Waals surface area (Å²) in [7, 11) is 0. The Morgan fingerprint density at radius 3 is 1.25 bits per heavy atom. The van der Waals surface area contributed by atoms with Gasteiger partial charge in [0.05, 0.1) is 0 Å². The van der Waals surface area contributed by atoms with Crippen LogP contribution < -0.4 is 12.3 Å². The van der Waals surface area contributed by atoms with Crippen LogP contribution in [-0.4, -0.2) is 14.5 Å². The van der Waals surface area contributed by atoms with Crippen molar-refractivity contribution < 1.29 is 49.7 Å². The fourth-order valence-corrected chi connectivity index (χ4v) is 0. The zero-order valence-corrected chi connectivity index (χ0v) is 9.44. The molecule has 6 nitrogen and oxygen atoms in total. The van der Waals surface area contributed by atoms with Crippen LogP contribution in [0.5, 0.6) is 0 Å². The summed E-state index contributed by atoms with van der Waals surface area (Å²) >= 11 is -8.38. The van der Waals surface area contributed by atoms with E-state index in [-0.39, 0.29) is 1.43 Å². The maximum atomic E-state index is 8.61. The van der Waals surface area contributed by atoms with Gasteiger partial charge < -0.3 is 0 Å². The Bertz CT molecular complexity index is 111. The molecule has 0 bridgehead atoms. The van der Waals surface area contributed by atoms with E-state index in [1.165, 1.54) is 0 Å². The molecule has 0 saturated carbocycles. The summed E-state index contributed by atoms with van der Waals surface area (Å²) in [6.07, 6.45) is 0. The van der Waals surface area contributed by atoms with E-state index in [1.807, 2.05) is 0 Å². The molecular weight excluding hydrogens is 409 g/mol. The molecule has 8 heteroatoms. The van der Waals surface area contributed by atoms with E-state index < -0.39 is 42.3 Å². The van der Waals surface area contributed by atoms with Gasteiger partial charge in [-0.25, -0.2) is 0 Å². The third-order valence-corrected chi connectivity index (χ3v) is 0. The van der Waals surface area contributed by atoms with Gasteiger partial charge in [0, 0.05) is 0 Å². The van der Waals surface area contributed by atoms with E-state index in [2.05, 4.69) is 0 Å². The first-order chi connectivity index (χ1) is 3.41. The maximum absolute atomic E-state index is 8.61. The van der Waals surface area contributed by atoms with Gasteiger partial charge in [0.15, 0.2) is 0 Å². The van der Waals surface area contributed by atoms with Crippen LogP contribution in [0.3, 0.4) is 0 Å². The van der Waals surface area contributed by atoms with Crippen molar-refractivity contribution in [2.24, 2.45) is 0 Å². The zero-order chi connectivity index (χ0) is 7.21. The summed E-state index contributed by atoms with van der Waals surface area (Å²) in [5.41, 5.74) is 0. The fraction of sp³-hybridized carbons (Fsp3) is 0. The summed E-state index contributed by atoms with van der Waals surface area (Å²) in [4.78, 5) is 0. The Kier molecular flexibility index (Phi) is 8.77. The number of rotatable bonds is 0. The molecule has 0 atom stereocenters. The van der Waals surface area contributed by atoms with E-state index in [4.69, 9.17) is 20.5 Å². The molecule has 0 amide bonds. The molecule has 0 aliphatic rings. The fourth-order valence-electron chi connectivity index (χ4n) is 0. The van der Waals surface area contributed by atoms with Crippen molar-refractivity contribution in [2.45, 2.75) is 0 Å². The van der Waals surface area contributed by atoms with Crippen molar-refractivity contribution in [1.82, 2.24) is 0 Å². The Morgan fingerprint density at radius 2 is 1.25 bits per heavy atom. The minimum absolute atomic E-state index is 0. The monoisotopic (exact) mass is 410 g/mol. The molecule has 46 valence electrons. The quantitative estimate of drug-likeness (QED) is 0.374. The van der Waals surface area contributed by atoms with E-state index in [0.717, 1.165) is 0 Å². The summed E-state index contributed by atoms with van der Waals surface area (Å²) in [6, 6.07) is 0. The van der Waals surface area contributed by atoms with Gasteiger partial charge in [0.1, 0.15) is 0 Å². The van der Waals surface area contributed by atoms with Crippen molar-refractivity contribution in [3.8, 4) is 0 Å². The second-order valence-electron chi connectivity index (χ2n) is 0.531. The normalized spacial score (nSPS) is 8.38. The van der Waals surface area contributed by atoms with Gasteiger partial charge in [0.2, 0.25) is 0 Å². The first-order valence-corrected chi connectivity index (χ1v) is 7.60. The third-order valence-electron chi connectivity index (χ3n) is 0. The molecule has 0 spiro atoms. The van der Waals surface area contributed by atoms with Crippen molar-refractivity contribution in [3.05, 3.63) is 0 Å². The molecule has 0 fully saturated rings. The summed E-state index contributed by atoms with van der Waals surface area (Å²) in [5.74, 6) is 0. The molecule has 0 rings (SSSR count). The standard InChI is InChI=1S/AsH3O4.2O.U/c2-1(3,4)5;;;/h(H3,2,3,4,5);;;/q;;;+2/p-2. The second kappa shape index (κ2) is 6.02. The van der Waals surface area contributed by atoms with Crippen LogP contribution in [0.4, 0.5) is 0 Å². The average Bonchev–Trinajstić information content (AvgIpc) is 1.27. The van der Waals surface area contributed by atoms with Gasteiger partial charge in [0.25, 0.3) is 0 Å². The molecule has 0 aliphatic carbocycles. The summed E-state index contributed by atoms with van der Waals surface area (Å²) < 4.78 is 51.6. The molecule has 0 aromatic heterocycles. The van der Waals surface area contributed by atoms with Gasteiger partial charge in [-0.05, 0) is 0 Å². The van der Waals surface area contributed by atoms with Crippen LogP contribution in [0.2, 0.25) is 0 Å². The summed E-state index contributed by atoms with van der Waals surface area (Å²) in [5, 5.41) is 0. The number of hydrogen-bond donors (Lipinski definition) is 0. The molecule has 0 N–H and O–H groups in total. The van der Waals surface area contributed by atoms with Gasteiger partial charge in [-0.15, -0.1) is 0 Å². The molecule has 0 saturated heterocycles. The van der Waals surface area contributed by atoms with Crippen LogP contribution in [0, 0.1) is 27.8 Å². The second-order valence-corrected chi connectivity index (χ2v) is 3.10. The van der Waals surface area contributed by atoms with Crippen molar-refractivity contribution >= 4 is 14.5 Å². The molecule has 0 aromatic rings. The molecule has 0 aliphatic heterocycles. The number of hydrogen-bond acceptors (Lipinski definition) is 6. The van der Waals surface area contributed by atoms with Gasteiger partial charge in [-0.3, -0.25) is 0 Å². The first kappa shape index (κ1) is 11.7. The van der Waals surface area contributed by atoms with Gasteiger partial charge in [-0.2, -0.15) is 0 Å². The van der Waals surface area contributed by atoms with Crippen molar-refractivity contribution in [2.75, 3.05) is 0 Å². The van der Waals surface area contributed by atoms with E-state index in [1.54, 1.807) is 0 Å². The predicted molar refractivity (Wildman–Crippen MR) is 8.93 cm³/mol. The molecule has 0 aromatic carbocycles. The average molecular weight is 410 g/mol. The topological polar surface area (TPSA) is 120 Å². The van der Waals surface area contributed by atoms with Crippen molar-refractivity contribution in [1.29, 1.82) is 0 Å².